The Hall–Kier alpha value is -1.01. The van der Waals surface area contributed by atoms with E-state index in [9.17, 15) is 0 Å². The normalized spacial score (nSPS) is 31.8. The van der Waals surface area contributed by atoms with E-state index in [1.807, 2.05) is 0 Å². The zero-order valence-electron chi connectivity index (χ0n) is 11.8. The molecule has 0 radical (unpaired) electrons. The summed E-state index contributed by atoms with van der Waals surface area (Å²) in [6.07, 6.45) is 4.09. The minimum absolute atomic E-state index is 0.627. The number of likely N-dealkylation sites (tertiary alicyclic amines) is 1. The number of piperidine rings is 1. The van der Waals surface area contributed by atoms with E-state index in [2.05, 4.69) is 44.7 Å². The van der Waals surface area contributed by atoms with Crippen LogP contribution in [0.1, 0.15) is 38.9 Å². The summed E-state index contributed by atoms with van der Waals surface area (Å²) in [4.78, 5) is 2.64. The predicted molar refractivity (Wildman–Crippen MR) is 72.3 cm³/mol. The van der Waals surface area contributed by atoms with E-state index in [1.165, 1.54) is 32.4 Å². The molecule has 0 amide bonds. The van der Waals surface area contributed by atoms with Crippen LogP contribution in [0.15, 0.2) is 0 Å². The molecule has 2 bridgehead atoms. The molecular formula is C13H24N6. The van der Waals surface area contributed by atoms with Gasteiger partial charge in [-0.15, -0.1) is 10.2 Å². The van der Waals surface area contributed by atoms with Gasteiger partial charge in [-0.1, -0.05) is 11.6 Å². The molecule has 19 heavy (non-hydrogen) atoms. The molecule has 2 heterocycles. The lowest BCUT2D eigenvalue weighted by atomic mass is 9.73. The zero-order chi connectivity index (χ0) is 13.2. The lowest BCUT2D eigenvalue weighted by Crippen LogP contribution is -2.58. The van der Waals surface area contributed by atoms with Crippen molar-refractivity contribution in [2.75, 3.05) is 13.1 Å². The highest BCUT2D eigenvalue weighted by molar-refractivity contribution is 4.96. The molecule has 2 atom stereocenters. The van der Waals surface area contributed by atoms with Crippen molar-refractivity contribution in [2.24, 2.45) is 11.8 Å². The SMILES string of the molecule is CC(C)N1CC2CCCC(C1)C2NCc1nn[nH]n1. The first-order valence-corrected chi connectivity index (χ1v) is 7.44. The summed E-state index contributed by atoms with van der Waals surface area (Å²) in [6.45, 7) is 7.82. The Kier molecular flexibility index (Phi) is 3.79. The lowest BCUT2D eigenvalue weighted by Gasteiger charge is -2.49. The maximum Gasteiger partial charge on any atom is 0.188 e. The monoisotopic (exact) mass is 264 g/mol. The summed E-state index contributed by atoms with van der Waals surface area (Å²) >= 11 is 0. The third-order valence-corrected chi connectivity index (χ3v) is 4.72. The van der Waals surface area contributed by atoms with Gasteiger partial charge in [0.2, 0.25) is 0 Å². The fourth-order valence-electron chi connectivity index (χ4n) is 3.69. The molecule has 3 rings (SSSR count). The second-order valence-electron chi connectivity index (χ2n) is 6.23. The molecule has 2 fully saturated rings. The number of aromatic nitrogens is 4. The average Bonchev–Trinajstić information content (AvgIpc) is 2.88. The van der Waals surface area contributed by atoms with E-state index in [-0.39, 0.29) is 0 Å². The zero-order valence-corrected chi connectivity index (χ0v) is 11.8. The number of nitrogens with zero attached hydrogens (tertiary/aromatic N) is 4. The van der Waals surface area contributed by atoms with Gasteiger partial charge >= 0.3 is 0 Å². The molecule has 0 spiro atoms. The molecule has 1 saturated carbocycles. The Labute approximate surface area is 114 Å². The van der Waals surface area contributed by atoms with Crippen LogP contribution in [0.3, 0.4) is 0 Å². The van der Waals surface area contributed by atoms with Crippen molar-refractivity contribution in [3.63, 3.8) is 0 Å². The Balaban J connectivity index is 1.62. The first-order chi connectivity index (χ1) is 9.24. The topological polar surface area (TPSA) is 69.7 Å². The van der Waals surface area contributed by atoms with Crippen LogP contribution < -0.4 is 5.32 Å². The summed E-state index contributed by atoms with van der Waals surface area (Å²) in [5, 5.41) is 17.8. The Morgan fingerprint density at radius 2 is 2.05 bits per heavy atom. The first kappa shape index (κ1) is 13.0. The fraction of sp³-hybridized carbons (Fsp3) is 0.923. The molecule has 2 aliphatic rings. The van der Waals surface area contributed by atoms with Gasteiger partial charge in [0.05, 0.1) is 6.54 Å². The summed E-state index contributed by atoms with van der Waals surface area (Å²) < 4.78 is 0. The van der Waals surface area contributed by atoms with E-state index in [1.54, 1.807) is 0 Å². The minimum Gasteiger partial charge on any atom is -0.306 e. The molecule has 106 valence electrons. The summed E-state index contributed by atoms with van der Waals surface area (Å²) in [5.41, 5.74) is 0. The highest BCUT2D eigenvalue weighted by Gasteiger charge is 2.39. The van der Waals surface area contributed by atoms with Crippen LogP contribution in [0.5, 0.6) is 0 Å². The summed E-state index contributed by atoms with van der Waals surface area (Å²) in [5.74, 6) is 2.33. The number of hydrogen-bond acceptors (Lipinski definition) is 5. The van der Waals surface area contributed by atoms with Crippen LogP contribution in [-0.2, 0) is 6.54 Å². The van der Waals surface area contributed by atoms with Crippen LogP contribution in [0.2, 0.25) is 0 Å². The Morgan fingerprint density at radius 3 is 2.63 bits per heavy atom. The molecule has 1 saturated heterocycles. The van der Waals surface area contributed by atoms with Crippen molar-refractivity contribution in [1.29, 1.82) is 0 Å². The standard InChI is InChI=1S/C13H24N6/c1-9(2)19-7-10-4-3-5-11(8-19)13(10)14-6-12-15-17-18-16-12/h9-11,13-14H,3-8H2,1-2H3,(H,15,16,17,18). The number of rotatable bonds is 4. The van der Waals surface area contributed by atoms with Gasteiger partial charge in [-0.25, -0.2) is 0 Å². The quantitative estimate of drug-likeness (QED) is 0.842. The van der Waals surface area contributed by atoms with Gasteiger partial charge in [-0.3, -0.25) is 0 Å². The van der Waals surface area contributed by atoms with Crippen molar-refractivity contribution >= 4 is 0 Å². The van der Waals surface area contributed by atoms with Crippen LogP contribution in [0.4, 0.5) is 0 Å². The van der Waals surface area contributed by atoms with Crippen molar-refractivity contribution in [1.82, 2.24) is 30.8 Å². The van der Waals surface area contributed by atoms with Gasteiger partial charge in [-0.2, -0.15) is 5.21 Å². The van der Waals surface area contributed by atoms with E-state index < -0.39 is 0 Å². The molecule has 1 aromatic heterocycles. The van der Waals surface area contributed by atoms with Gasteiger partial charge in [0.15, 0.2) is 5.82 Å². The highest BCUT2D eigenvalue weighted by Crippen LogP contribution is 2.35. The van der Waals surface area contributed by atoms with Gasteiger partial charge in [0.1, 0.15) is 0 Å². The average molecular weight is 264 g/mol. The Morgan fingerprint density at radius 1 is 1.32 bits per heavy atom. The number of tetrazole rings is 1. The van der Waals surface area contributed by atoms with Gasteiger partial charge in [-0.05, 0) is 38.5 Å². The second-order valence-corrected chi connectivity index (χ2v) is 6.23. The second kappa shape index (κ2) is 5.54. The number of fused-ring (bicyclic) bond motifs is 2. The highest BCUT2D eigenvalue weighted by atomic mass is 15.5. The molecule has 1 aliphatic heterocycles. The number of nitrogens with one attached hydrogen (secondary N) is 2. The fourth-order valence-corrected chi connectivity index (χ4v) is 3.69. The maximum absolute atomic E-state index is 4.02. The Bertz CT molecular complexity index is 376. The minimum atomic E-state index is 0.627. The van der Waals surface area contributed by atoms with E-state index in [0.717, 1.165) is 24.2 Å². The summed E-state index contributed by atoms with van der Waals surface area (Å²) in [6, 6.07) is 1.29. The molecular weight excluding hydrogens is 240 g/mol. The smallest absolute Gasteiger partial charge is 0.188 e. The van der Waals surface area contributed by atoms with Gasteiger partial charge in [0.25, 0.3) is 0 Å². The summed E-state index contributed by atoms with van der Waals surface area (Å²) in [7, 11) is 0. The van der Waals surface area contributed by atoms with Crippen molar-refractivity contribution in [3.8, 4) is 0 Å². The van der Waals surface area contributed by atoms with Crippen molar-refractivity contribution in [3.05, 3.63) is 5.82 Å². The first-order valence-electron chi connectivity index (χ1n) is 7.44. The molecule has 2 unspecified atom stereocenters. The molecule has 1 aromatic rings. The molecule has 6 heteroatoms. The van der Waals surface area contributed by atoms with Crippen LogP contribution in [0.25, 0.3) is 0 Å². The molecule has 1 aliphatic carbocycles. The molecule has 2 N–H and O–H groups in total. The number of aromatic amines is 1. The van der Waals surface area contributed by atoms with Crippen molar-refractivity contribution < 1.29 is 0 Å². The van der Waals surface area contributed by atoms with E-state index in [4.69, 9.17) is 0 Å². The molecule has 0 aromatic carbocycles. The third-order valence-electron chi connectivity index (χ3n) is 4.72. The van der Waals surface area contributed by atoms with Gasteiger partial charge < -0.3 is 10.2 Å². The van der Waals surface area contributed by atoms with E-state index in [0.29, 0.717) is 12.1 Å². The number of H-pyrrole nitrogens is 1. The van der Waals surface area contributed by atoms with Gasteiger partial charge in [0, 0.05) is 25.2 Å². The predicted octanol–water partition coefficient (Wildman–Crippen LogP) is 0.798. The molecule has 6 nitrogen and oxygen atoms in total. The van der Waals surface area contributed by atoms with E-state index >= 15 is 0 Å². The lowest BCUT2D eigenvalue weighted by molar-refractivity contribution is 0.0287. The van der Waals surface area contributed by atoms with Crippen LogP contribution in [0, 0.1) is 11.8 Å². The number of hydrogen-bond donors (Lipinski definition) is 2. The van der Waals surface area contributed by atoms with Crippen molar-refractivity contribution in [2.45, 2.75) is 51.7 Å². The third kappa shape index (κ3) is 2.79. The maximum atomic E-state index is 4.02. The van der Waals surface area contributed by atoms with Crippen LogP contribution in [-0.4, -0.2) is 50.7 Å². The largest absolute Gasteiger partial charge is 0.306 e. The van der Waals surface area contributed by atoms with Crippen LogP contribution >= 0.6 is 0 Å².